The maximum Gasteiger partial charge on any atom is 0.328 e. The highest BCUT2D eigenvalue weighted by Gasteiger charge is 2.33. The highest BCUT2D eigenvalue weighted by atomic mass is 32.1. The van der Waals surface area contributed by atoms with Crippen LogP contribution in [0, 0.1) is 0 Å². The maximum absolute atomic E-state index is 12.9. The number of phenolic OH excluding ortho intramolecular Hbond substituents is 1. The fourth-order valence-corrected chi connectivity index (χ4v) is 2.90. The molecular weight excluding hydrogens is 472 g/mol. The van der Waals surface area contributed by atoms with Gasteiger partial charge in [-0.3, -0.25) is 19.2 Å². The molecule has 0 saturated heterocycles. The van der Waals surface area contributed by atoms with Gasteiger partial charge in [0.15, 0.2) is 6.04 Å². The van der Waals surface area contributed by atoms with Crippen LogP contribution in [0.5, 0.6) is 5.75 Å². The number of carboxylic acid groups (broad SMARTS) is 2. The van der Waals surface area contributed by atoms with Crippen molar-refractivity contribution < 1.29 is 44.4 Å². The molecule has 1 aromatic rings. The molecule has 0 aliphatic rings. The summed E-state index contributed by atoms with van der Waals surface area (Å²) < 4.78 is 0. The molecule has 34 heavy (non-hydrogen) atoms. The molecule has 5 atom stereocenters. The van der Waals surface area contributed by atoms with Gasteiger partial charge in [-0.1, -0.05) is 12.1 Å². The molecule has 0 spiro atoms. The molecule has 0 aliphatic heterocycles. The van der Waals surface area contributed by atoms with E-state index >= 15 is 0 Å². The van der Waals surface area contributed by atoms with Gasteiger partial charge in [0, 0.05) is 12.2 Å². The normalized spacial score (nSPS) is 15.2. The standard InChI is InChI=1S/C20H28N4O9S/c1-9(25)16(20(32)33)24-19(31)14(7-15(27)28)23-18(30)13(22-17(29)12(21)8-34)6-10-2-4-11(26)5-3-10/h2-5,9,12-14,16,25-26,34H,6-8,21H2,1H3,(H,22,29)(H,23,30)(H,24,31)(H,27,28)(H,32,33). The Morgan fingerprint density at radius 1 is 0.941 bits per heavy atom. The number of aromatic hydroxyl groups is 1. The Bertz CT molecular complexity index is 895. The average molecular weight is 501 g/mol. The van der Waals surface area contributed by atoms with E-state index in [1.807, 2.05) is 5.32 Å². The van der Waals surface area contributed by atoms with Crippen molar-refractivity contribution in [3.8, 4) is 5.75 Å². The van der Waals surface area contributed by atoms with Crippen LogP contribution in [0.4, 0.5) is 0 Å². The molecule has 1 aromatic carbocycles. The first-order chi connectivity index (χ1) is 15.8. The minimum Gasteiger partial charge on any atom is -0.508 e. The summed E-state index contributed by atoms with van der Waals surface area (Å²) in [5.41, 5.74) is 6.14. The van der Waals surface area contributed by atoms with Gasteiger partial charge in [-0.05, 0) is 24.6 Å². The molecule has 0 aromatic heterocycles. The summed E-state index contributed by atoms with van der Waals surface area (Å²) in [5.74, 6) is -5.94. The van der Waals surface area contributed by atoms with Crippen molar-refractivity contribution in [2.75, 3.05) is 5.75 Å². The molecular formula is C20H28N4O9S. The van der Waals surface area contributed by atoms with Gasteiger partial charge in [0.1, 0.15) is 17.8 Å². The van der Waals surface area contributed by atoms with Crippen LogP contribution in [0.3, 0.4) is 0 Å². The first-order valence-corrected chi connectivity index (χ1v) is 10.7. The Morgan fingerprint density at radius 2 is 1.47 bits per heavy atom. The lowest BCUT2D eigenvalue weighted by atomic mass is 10.0. The molecule has 0 saturated carbocycles. The second-order valence-electron chi connectivity index (χ2n) is 7.44. The van der Waals surface area contributed by atoms with Gasteiger partial charge in [-0.15, -0.1) is 0 Å². The number of nitrogens with one attached hydrogen (secondary N) is 3. The lowest BCUT2D eigenvalue weighted by Crippen LogP contribution is -2.59. The minimum absolute atomic E-state index is 0.0284. The molecule has 0 aliphatic carbocycles. The predicted octanol–water partition coefficient (Wildman–Crippen LogP) is -2.41. The summed E-state index contributed by atoms with van der Waals surface area (Å²) >= 11 is 3.92. The summed E-state index contributed by atoms with van der Waals surface area (Å²) in [6, 6.07) is -0.144. The molecule has 0 radical (unpaired) electrons. The number of carbonyl (C=O) groups is 5. The van der Waals surface area contributed by atoms with E-state index in [9.17, 15) is 34.2 Å². The third-order valence-electron chi connectivity index (χ3n) is 4.60. The zero-order valence-electron chi connectivity index (χ0n) is 18.2. The molecule has 0 bridgehead atoms. The first kappa shape index (κ1) is 28.7. The van der Waals surface area contributed by atoms with Gasteiger partial charge in [0.2, 0.25) is 17.7 Å². The van der Waals surface area contributed by atoms with Crippen molar-refractivity contribution >= 4 is 42.3 Å². The van der Waals surface area contributed by atoms with Crippen LogP contribution in [-0.2, 0) is 30.4 Å². The third kappa shape index (κ3) is 9.25. The number of aliphatic hydroxyl groups excluding tert-OH is 1. The lowest BCUT2D eigenvalue weighted by Gasteiger charge is -2.25. The second-order valence-corrected chi connectivity index (χ2v) is 7.81. The number of phenols is 1. The van der Waals surface area contributed by atoms with Crippen LogP contribution in [0.25, 0.3) is 0 Å². The van der Waals surface area contributed by atoms with E-state index in [-0.39, 0.29) is 17.9 Å². The number of aliphatic carboxylic acids is 2. The topological polar surface area (TPSA) is 228 Å². The van der Waals surface area contributed by atoms with Crippen molar-refractivity contribution in [3.05, 3.63) is 29.8 Å². The summed E-state index contributed by atoms with van der Waals surface area (Å²) in [6.07, 6.45) is -2.52. The van der Waals surface area contributed by atoms with Gasteiger partial charge in [-0.25, -0.2) is 4.79 Å². The van der Waals surface area contributed by atoms with Gasteiger partial charge < -0.3 is 42.1 Å². The molecule has 9 N–H and O–H groups in total. The van der Waals surface area contributed by atoms with Crippen LogP contribution >= 0.6 is 12.6 Å². The van der Waals surface area contributed by atoms with Crippen molar-refractivity contribution in [2.24, 2.45) is 5.73 Å². The van der Waals surface area contributed by atoms with E-state index < -0.39 is 66.4 Å². The molecule has 3 amide bonds. The number of aliphatic hydroxyl groups is 1. The fourth-order valence-electron chi connectivity index (χ4n) is 2.74. The largest absolute Gasteiger partial charge is 0.508 e. The molecule has 14 heteroatoms. The number of carboxylic acids is 2. The van der Waals surface area contributed by atoms with Crippen molar-refractivity contribution in [1.82, 2.24) is 16.0 Å². The van der Waals surface area contributed by atoms with Gasteiger partial charge >= 0.3 is 11.9 Å². The van der Waals surface area contributed by atoms with E-state index in [1.54, 1.807) is 0 Å². The number of benzene rings is 1. The van der Waals surface area contributed by atoms with Crippen molar-refractivity contribution in [2.45, 2.75) is 50.0 Å². The number of amides is 3. The number of nitrogens with two attached hydrogens (primary N) is 1. The van der Waals surface area contributed by atoms with Gasteiger partial charge in [0.25, 0.3) is 0 Å². The Kier molecular flexibility index (Phi) is 11.3. The number of hydrogen-bond donors (Lipinski definition) is 9. The van der Waals surface area contributed by atoms with Crippen molar-refractivity contribution in [1.29, 1.82) is 0 Å². The maximum atomic E-state index is 12.9. The van der Waals surface area contributed by atoms with E-state index in [0.717, 1.165) is 6.92 Å². The Labute approximate surface area is 200 Å². The predicted molar refractivity (Wildman–Crippen MR) is 121 cm³/mol. The van der Waals surface area contributed by atoms with Crippen LogP contribution in [0.2, 0.25) is 0 Å². The Balaban J connectivity index is 3.13. The number of carbonyl (C=O) groups excluding carboxylic acids is 3. The zero-order valence-corrected chi connectivity index (χ0v) is 19.1. The molecule has 1 rings (SSSR count). The number of rotatable bonds is 13. The third-order valence-corrected chi connectivity index (χ3v) is 4.99. The summed E-state index contributed by atoms with van der Waals surface area (Å²) in [4.78, 5) is 60.2. The highest BCUT2D eigenvalue weighted by Crippen LogP contribution is 2.12. The van der Waals surface area contributed by atoms with Crippen LogP contribution in [0.15, 0.2) is 24.3 Å². The molecule has 0 fully saturated rings. The number of thiol groups is 1. The molecule has 5 unspecified atom stereocenters. The smallest absolute Gasteiger partial charge is 0.328 e. The SMILES string of the molecule is CC(O)C(NC(=O)C(CC(=O)O)NC(=O)C(Cc1ccc(O)cc1)NC(=O)C(N)CS)C(=O)O. The molecule has 13 nitrogen and oxygen atoms in total. The van der Waals surface area contributed by atoms with E-state index in [2.05, 4.69) is 23.3 Å². The van der Waals surface area contributed by atoms with Crippen LogP contribution in [-0.4, -0.2) is 86.1 Å². The Morgan fingerprint density at radius 3 is 1.94 bits per heavy atom. The lowest BCUT2D eigenvalue weighted by molar-refractivity contribution is -0.146. The first-order valence-electron chi connectivity index (χ1n) is 10.0. The minimum atomic E-state index is -1.75. The summed E-state index contributed by atoms with van der Waals surface area (Å²) in [6.45, 7) is 1.11. The quantitative estimate of drug-likeness (QED) is 0.130. The zero-order chi connectivity index (χ0) is 26.0. The van der Waals surface area contributed by atoms with E-state index in [4.69, 9.17) is 15.9 Å². The summed E-state index contributed by atoms with van der Waals surface area (Å²) in [7, 11) is 0. The molecule has 188 valence electrons. The monoisotopic (exact) mass is 500 g/mol. The van der Waals surface area contributed by atoms with Gasteiger partial charge in [0.05, 0.1) is 18.6 Å². The number of hydrogen-bond acceptors (Lipinski definition) is 9. The van der Waals surface area contributed by atoms with Crippen molar-refractivity contribution in [3.63, 3.8) is 0 Å². The van der Waals surface area contributed by atoms with Crippen LogP contribution < -0.4 is 21.7 Å². The van der Waals surface area contributed by atoms with E-state index in [1.165, 1.54) is 24.3 Å². The Hall–Kier alpha value is -3.36. The second kappa shape index (κ2) is 13.4. The van der Waals surface area contributed by atoms with E-state index in [0.29, 0.717) is 5.56 Å². The summed E-state index contributed by atoms with van der Waals surface area (Å²) in [5, 5.41) is 43.8. The van der Waals surface area contributed by atoms with Gasteiger partial charge in [-0.2, -0.15) is 12.6 Å². The molecule has 0 heterocycles. The van der Waals surface area contributed by atoms with Crippen LogP contribution in [0.1, 0.15) is 18.9 Å². The average Bonchev–Trinajstić information content (AvgIpc) is 2.76. The fraction of sp³-hybridized carbons (Fsp3) is 0.450. The highest BCUT2D eigenvalue weighted by molar-refractivity contribution is 7.80.